The summed E-state index contributed by atoms with van der Waals surface area (Å²) in [6, 6.07) is 7.01. The van der Waals surface area contributed by atoms with Gasteiger partial charge >= 0.3 is 5.97 Å². The van der Waals surface area contributed by atoms with E-state index in [4.69, 9.17) is 16.3 Å². The summed E-state index contributed by atoms with van der Waals surface area (Å²) in [4.78, 5) is 18.0. The van der Waals surface area contributed by atoms with Crippen LogP contribution in [-0.2, 0) is 4.74 Å². The number of halogens is 1. The van der Waals surface area contributed by atoms with Gasteiger partial charge in [-0.2, -0.15) is 0 Å². The van der Waals surface area contributed by atoms with Crippen LogP contribution >= 0.6 is 11.6 Å². The lowest BCUT2D eigenvalue weighted by Gasteiger charge is -2.29. The molecule has 1 N–H and O–H groups in total. The molecule has 3 rings (SSSR count). The van der Waals surface area contributed by atoms with E-state index in [-0.39, 0.29) is 10.6 Å². The number of aromatic carboxylic acids is 1. The number of pyridine rings is 1. The van der Waals surface area contributed by atoms with Crippen molar-refractivity contribution in [2.24, 2.45) is 0 Å². The monoisotopic (exact) mass is 332 g/mol. The Bertz CT molecular complexity index is 743. The van der Waals surface area contributed by atoms with Crippen molar-refractivity contribution >= 4 is 23.4 Å². The highest BCUT2D eigenvalue weighted by Gasteiger charge is 2.16. The Morgan fingerprint density at radius 2 is 2.00 bits per heavy atom. The largest absolute Gasteiger partial charge is 0.478 e. The fraction of sp³-hybridized carbons (Fsp3) is 0.294. The second-order valence-corrected chi connectivity index (χ2v) is 5.87. The highest BCUT2D eigenvalue weighted by Crippen LogP contribution is 2.28. The zero-order valence-corrected chi connectivity index (χ0v) is 13.5. The highest BCUT2D eigenvalue weighted by atomic mass is 35.5. The van der Waals surface area contributed by atoms with E-state index in [0.717, 1.165) is 35.6 Å². The van der Waals surface area contributed by atoms with E-state index in [1.807, 2.05) is 13.0 Å². The van der Waals surface area contributed by atoms with Crippen LogP contribution in [0, 0.1) is 6.92 Å². The van der Waals surface area contributed by atoms with Crippen molar-refractivity contribution in [1.29, 1.82) is 0 Å². The fourth-order valence-corrected chi connectivity index (χ4v) is 2.90. The normalized spacial score (nSPS) is 14.8. The molecule has 0 radical (unpaired) electrons. The molecular formula is C17H17ClN2O3. The third kappa shape index (κ3) is 3.30. The van der Waals surface area contributed by atoms with Gasteiger partial charge in [0.1, 0.15) is 5.82 Å². The molecule has 1 aliphatic rings. The molecule has 5 nitrogen and oxygen atoms in total. The molecule has 6 heteroatoms. The highest BCUT2D eigenvalue weighted by molar-refractivity contribution is 6.33. The molecule has 2 heterocycles. The number of nitrogens with zero attached hydrogens (tertiary/aromatic N) is 2. The summed E-state index contributed by atoms with van der Waals surface area (Å²) in [7, 11) is 0. The fourth-order valence-electron chi connectivity index (χ4n) is 2.70. The summed E-state index contributed by atoms with van der Waals surface area (Å²) in [5.41, 5.74) is 2.81. The Morgan fingerprint density at radius 3 is 2.65 bits per heavy atom. The Morgan fingerprint density at radius 1 is 1.26 bits per heavy atom. The Hall–Kier alpha value is -2.11. The van der Waals surface area contributed by atoms with Crippen LogP contribution in [0.1, 0.15) is 15.9 Å². The van der Waals surface area contributed by atoms with Crippen LogP contribution < -0.4 is 4.90 Å². The molecule has 0 amide bonds. The third-order valence-electron chi connectivity index (χ3n) is 3.89. The van der Waals surface area contributed by atoms with Gasteiger partial charge in [0.05, 0.1) is 23.8 Å². The average molecular weight is 333 g/mol. The van der Waals surface area contributed by atoms with Crippen LogP contribution in [0.5, 0.6) is 0 Å². The lowest BCUT2D eigenvalue weighted by Crippen LogP contribution is -2.37. The molecule has 1 aromatic carbocycles. The smallest absolute Gasteiger partial charge is 0.337 e. The van der Waals surface area contributed by atoms with Crippen LogP contribution in [0.3, 0.4) is 0 Å². The first-order valence-corrected chi connectivity index (χ1v) is 7.76. The van der Waals surface area contributed by atoms with Crippen LogP contribution in [0.15, 0.2) is 30.5 Å². The lowest BCUT2D eigenvalue weighted by molar-refractivity contribution is 0.0697. The minimum atomic E-state index is -1.04. The number of carbonyl (C=O) groups is 1. The zero-order valence-electron chi connectivity index (χ0n) is 12.8. The number of carboxylic acids is 1. The van der Waals surface area contributed by atoms with Gasteiger partial charge in [0.15, 0.2) is 0 Å². The lowest BCUT2D eigenvalue weighted by atomic mass is 10.0. The quantitative estimate of drug-likeness (QED) is 0.934. The van der Waals surface area contributed by atoms with Gasteiger partial charge < -0.3 is 14.7 Å². The number of hydrogen-bond donors (Lipinski definition) is 1. The molecular weight excluding hydrogens is 316 g/mol. The number of carboxylic acid groups (broad SMARTS) is 1. The van der Waals surface area contributed by atoms with Crippen LogP contribution in [0.2, 0.25) is 5.02 Å². The number of rotatable bonds is 3. The second kappa shape index (κ2) is 6.56. The average Bonchev–Trinajstić information content (AvgIpc) is 2.55. The summed E-state index contributed by atoms with van der Waals surface area (Å²) < 4.78 is 5.36. The second-order valence-electron chi connectivity index (χ2n) is 5.46. The number of benzene rings is 1. The van der Waals surface area contributed by atoms with Crippen molar-refractivity contribution in [3.8, 4) is 11.1 Å². The van der Waals surface area contributed by atoms with Crippen molar-refractivity contribution in [2.45, 2.75) is 6.92 Å². The van der Waals surface area contributed by atoms with Gasteiger partial charge in [0.2, 0.25) is 0 Å². The number of hydrogen-bond acceptors (Lipinski definition) is 4. The maximum absolute atomic E-state index is 11.2. The SMILES string of the molecule is Cc1cc(-c2ccc(Cl)c(C(=O)O)c2)cnc1N1CCOCC1. The first-order chi connectivity index (χ1) is 11.1. The predicted molar refractivity (Wildman–Crippen MR) is 89.4 cm³/mol. The Labute approximate surface area is 139 Å². The van der Waals surface area contributed by atoms with Gasteiger partial charge in [0.25, 0.3) is 0 Å². The first-order valence-electron chi connectivity index (χ1n) is 7.39. The molecule has 0 unspecified atom stereocenters. The molecule has 1 aromatic heterocycles. The van der Waals surface area contributed by atoms with Gasteiger partial charge in [-0.25, -0.2) is 9.78 Å². The molecule has 2 aromatic rings. The van der Waals surface area contributed by atoms with E-state index >= 15 is 0 Å². The van der Waals surface area contributed by atoms with E-state index in [9.17, 15) is 9.90 Å². The zero-order chi connectivity index (χ0) is 16.4. The summed E-state index contributed by atoms with van der Waals surface area (Å²) in [5.74, 6) is -0.0871. The van der Waals surface area contributed by atoms with E-state index in [0.29, 0.717) is 13.2 Å². The van der Waals surface area contributed by atoms with Crippen LogP contribution in [0.4, 0.5) is 5.82 Å². The summed E-state index contributed by atoms with van der Waals surface area (Å²) in [5, 5.41) is 9.42. The first kappa shape index (κ1) is 15.8. The number of morpholine rings is 1. The van der Waals surface area contributed by atoms with Gasteiger partial charge in [-0.05, 0) is 36.2 Å². The minimum Gasteiger partial charge on any atom is -0.478 e. The molecule has 0 atom stereocenters. The van der Waals surface area contributed by atoms with Gasteiger partial charge in [-0.3, -0.25) is 0 Å². The molecule has 1 saturated heterocycles. The molecule has 0 saturated carbocycles. The number of aryl methyl sites for hydroxylation is 1. The molecule has 0 bridgehead atoms. The van der Waals surface area contributed by atoms with E-state index in [1.165, 1.54) is 0 Å². The van der Waals surface area contributed by atoms with Crippen LogP contribution in [-0.4, -0.2) is 42.4 Å². The predicted octanol–water partition coefficient (Wildman–Crippen LogP) is 3.25. The summed E-state index contributed by atoms with van der Waals surface area (Å²) in [6.45, 7) is 5.09. The molecule has 120 valence electrons. The van der Waals surface area contributed by atoms with Crippen molar-refractivity contribution in [3.05, 3.63) is 46.6 Å². The Balaban J connectivity index is 1.94. The maximum Gasteiger partial charge on any atom is 0.337 e. The molecule has 0 aliphatic carbocycles. The molecule has 23 heavy (non-hydrogen) atoms. The van der Waals surface area contributed by atoms with Crippen LogP contribution in [0.25, 0.3) is 11.1 Å². The van der Waals surface area contributed by atoms with E-state index in [2.05, 4.69) is 9.88 Å². The minimum absolute atomic E-state index is 0.0964. The molecule has 1 aliphatic heterocycles. The topological polar surface area (TPSA) is 62.7 Å². The van der Waals surface area contributed by atoms with E-state index < -0.39 is 5.97 Å². The van der Waals surface area contributed by atoms with Gasteiger partial charge in [-0.1, -0.05) is 17.7 Å². The maximum atomic E-state index is 11.2. The van der Waals surface area contributed by atoms with Gasteiger partial charge in [0, 0.05) is 24.8 Å². The van der Waals surface area contributed by atoms with Crippen molar-refractivity contribution in [1.82, 2.24) is 4.98 Å². The van der Waals surface area contributed by atoms with Gasteiger partial charge in [-0.15, -0.1) is 0 Å². The van der Waals surface area contributed by atoms with E-state index in [1.54, 1.807) is 24.4 Å². The number of ether oxygens (including phenoxy) is 1. The summed E-state index contributed by atoms with van der Waals surface area (Å²) >= 11 is 5.92. The standard InChI is InChI=1S/C17H17ClN2O3/c1-11-8-13(10-19-16(11)20-4-6-23-7-5-20)12-2-3-15(18)14(9-12)17(21)22/h2-3,8-10H,4-7H2,1H3,(H,21,22). The summed E-state index contributed by atoms with van der Waals surface area (Å²) in [6.07, 6.45) is 1.77. The third-order valence-corrected chi connectivity index (χ3v) is 4.22. The van der Waals surface area contributed by atoms with Crippen molar-refractivity contribution < 1.29 is 14.6 Å². The van der Waals surface area contributed by atoms with Crippen molar-refractivity contribution in [3.63, 3.8) is 0 Å². The molecule has 0 spiro atoms. The van der Waals surface area contributed by atoms with Crippen molar-refractivity contribution in [2.75, 3.05) is 31.2 Å². The number of aromatic nitrogens is 1. The Kier molecular flexibility index (Phi) is 4.50. The molecule has 1 fully saturated rings. The number of anilines is 1.